The Hall–Kier alpha value is -1.13. The minimum Gasteiger partial charge on any atom is -0.443 e. The van der Waals surface area contributed by atoms with Crippen molar-refractivity contribution in [2.24, 2.45) is 0 Å². The van der Waals surface area contributed by atoms with E-state index in [-0.39, 0.29) is 5.54 Å². The van der Waals surface area contributed by atoms with E-state index in [1.165, 1.54) is 12.0 Å². The topological polar surface area (TPSA) is 38.1 Å². The molecule has 0 aliphatic rings. The predicted molar refractivity (Wildman–Crippen MR) is 81.0 cm³/mol. The quantitative estimate of drug-likeness (QED) is 0.915. The Bertz CT molecular complexity index is 550. The maximum absolute atomic E-state index is 5.55. The van der Waals surface area contributed by atoms with Gasteiger partial charge in [0.05, 0.1) is 0 Å². The van der Waals surface area contributed by atoms with E-state index in [0.29, 0.717) is 6.54 Å². The average Bonchev–Trinajstić information content (AvgIpc) is 2.72. The van der Waals surface area contributed by atoms with E-state index in [4.69, 9.17) is 4.42 Å². The largest absolute Gasteiger partial charge is 0.443 e. The van der Waals surface area contributed by atoms with Crippen LogP contribution in [0.15, 0.2) is 33.5 Å². The van der Waals surface area contributed by atoms with Crippen molar-refractivity contribution in [1.82, 2.24) is 10.3 Å². The highest BCUT2D eigenvalue weighted by molar-refractivity contribution is 9.10. The van der Waals surface area contributed by atoms with Gasteiger partial charge in [0.25, 0.3) is 0 Å². The van der Waals surface area contributed by atoms with Gasteiger partial charge in [-0.15, -0.1) is 0 Å². The highest BCUT2D eigenvalue weighted by atomic mass is 79.9. The van der Waals surface area contributed by atoms with Crippen LogP contribution in [0.5, 0.6) is 0 Å². The fourth-order valence-corrected chi connectivity index (χ4v) is 2.45. The van der Waals surface area contributed by atoms with Gasteiger partial charge >= 0.3 is 0 Å². The lowest BCUT2D eigenvalue weighted by Gasteiger charge is -2.19. The summed E-state index contributed by atoms with van der Waals surface area (Å²) in [7, 11) is 0. The molecule has 0 saturated heterocycles. The van der Waals surface area contributed by atoms with Crippen LogP contribution in [0.1, 0.15) is 32.0 Å². The van der Waals surface area contributed by atoms with Crippen molar-refractivity contribution >= 4 is 15.9 Å². The van der Waals surface area contributed by atoms with Gasteiger partial charge in [-0.2, -0.15) is 0 Å². The van der Waals surface area contributed by atoms with Gasteiger partial charge in [-0.3, -0.25) is 0 Å². The lowest BCUT2D eigenvalue weighted by atomic mass is 10.1. The first kappa shape index (κ1) is 14.3. The highest BCUT2D eigenvalue weighted by Crippen LogP contribution is 2.27. The molecule has 1 aromatic carbocycles. The van der Waals surface area contributed by atoms with E-state index in [1.54, 1.807) is 0 Å². The van der Waals surface area contributed by atoms with E-state index in [2.05, 4.69) is 66.1 Å². The number of aromatic nitrogens is 1. The van der Waals surface area contributed by atoms with Crippen LogP contribution in [-0.2, 0) is 6.54 Å². The summed E-state index contributed by atoms with van der Waals surface area (Å²) in [6.07, 6.45) is 1.51. The number of aryl methyl sites for hydroxylation is 1. The van der Waals surface area contributed by atoms with Gasteiger partial charge in [-0.05, 0) is 51.5 Å². The molecule has 0 radical (unpaired) electrons. The lowest BCUT2D eigenvalue weighted by molar-refractivity contribution is 0.421. The number of nitrogens with one attached hydrogen (secondary N) is 1. The van der Waals surface area contributed by atoms with Crippen molar-refractivity contribution in [3.63, 3.8) is 0 Å². The third-order valence-corrected chi connectivity index (χ3v) is 3.19. The molecule has 3 nitrogen and oxygen atoms in total. The summed E-state index contributed by atoms with van der Waals surface area (Å²) in [5, 5.41) is 3.43. The Morgan fingerprint density at radius 2 is 2.00 bits per heavy atom. The van der Waals surface area contributed by atoms with Crippen molar-refractivity contribution in [3.8, 4) is 11.3 Å². The third-order valence-electron chi connectivity index (χ3n) is 2.73. The normalized spacial score (nSPS) is 11.8. The minimum absolute atomic E-state index is 0.0589. The molecule has 0 saturated carbocycles. The van der Waals surface area contributed by atoms with Gasteiger partial charge in [-0.1, -0.05) is 15.9 Å². The molecule has 102 valence electrons. The summed E-state index contributed by atoms with van der Waals surface area (Å²) in [6, 6.07) is 6.23. The molecule has 2 aromatic rings. The van der Waals surface area contributed by atoms with Crippen molar-refractivity contribution in [2.45, 2.75) is 39.8 Å². The zero-order valence-corrected chi connectivity index (χ0v) is 13.3. The van der Waals surface area contributed by atoms with E-state index in [1.807, 2.05) is 6.07 Å². The van der Waals surface area contributed by atoms with Gasteiger partial charge in [0.2, 0.25) is 0 Å². The molecule has 0 spiro atoms. The van der Waals surface area contributed by atoms with E-state index in [9.17, 15) is 0 Å². The van der Waals surface area contributed by atoms with Gasteiger partial charge in [0.15, 0.2) is 12.2 Å². The molecule has 2 rings (SSSR count). The maximum atomic E-state index is 5.55. The number of benzene rings is 1. The summed E-state index contributed by atoms with van der Waals surface area (Å²) < 4.78 is 6.60. The number of oxazole rings is 1. The molecule has 1 N–H and O–H groups in total. The second-order valence-corrected chi connectivity index (χ2v) is 6.66. The number of halogens is 1. The SMILES string of the molecule is Cc1cc(Br)cc(-c2ocnc2CNC(C)(C)C)c1. The van der Waals surface area contributed by atoms with Crippen LogP contribution in [0.4, 0.5) is 0 Å². The summed E-state index contributed by atoms with van der Waals surface area (Å²) >= 11 is 3.52. The van der Waals surface area contributed by atoms with Crippen LogP contribution < -0.4 is 5.32 Å². The number of hydrogen-bond acceptors (Lipinski definition) is 3. The molecule has 0 aliphatic carbocycles. The van der Waals surface area contributed by atoms with Crippen LogP contribution in [0, 0.1) is 6.92 Å². The van der Waals surface area contributed by atoms with Gasteiger partial charge in [0.1, 0.15) is 5.69 Å². The minimum atomic E-state index is 0.0589. The van der Waals surface area contributed by atoms with Gasteiger partial charge < -0.3 is 9.73 Å². The van der Waals surface area contributed by atoms with Crippen molar-refractivity contribution in [2.75, 3.05) is 0 Å². The smallest absolute Gasteiger partial charge is 0.181 e. The van der Waals surface area contributed by atoms with Crippen LogP contribution in [0.2, 0.25) is 0 Å². The van der Waals surface area contributed by atoms with E-state index >= 15 is 0 Å². The standard InChI is InChI=1S/C15H19BrN2O/c1-10-5-11(7-12(16)6-10)14-13(17-9-19-14)8-18-15(2,3)4/h5-7,9,18H,8H2,1-4H3. The van der Waals surface area contributed by atoms with Gasteiger partial charge in [0, 0.05) is 22.1 Å². The Kier molecular flexibility index (Phi) is 4.11. The molecule has 0 fully saturated rings. The monoisotopic (exact) mass is 322 g/mol. The lowest BCUT2D eigenvalue weighted by Crippen LogP contribution is -2.35. The first-order valence-electron chi connectivity index (χ1n) is 6.30. The third kappa shape index (κ3) is 3.91. The maximum Gasteiger partial charge on any atom is 0.181 e. The van der Waals surface area contributed by atoms with Crippen LogP contribution in [0.3, 0.4) is 0 Å². The van der Waals surface area contributed by atoms with Gasteiger partial charge in [-0.25, -0.2) is 4.98 Å². The Labute approximate surface area is 122 Å². The predicted octanol–water partition coefficient (Wildman–Crippen LogP) is 4.30. The Balaban J connectivity index is 2.28. The van der Waals surface area contributed by atoms with Crippen LogP contribution in [0.25, 0.3) is 11.3 Å². The second kappa shape index (κ2) is 5.47. The number of nitrogens with zero attached hydrogens (tertiary/aromatic N) is 1. The van der Waals surface area contributed by atoms with Crippen molar-refractivity contribution in [3.05, 3.63) is 40.3 Å². The summed E-state index contributed by atoms with van der Waals surface area (Å²) in [6.45, 7) is 9.17. The molecule has 0 amide bonds. The molecule has 1 heterocycles. The molecule has 4 heteroatoms. The fraction of sp³-hybridized carbons (Fsp3) is 0.400. The van der Waals surface area contributed by atoms with Crippen LogP contribution in [-0.4, -0.2) is 10.5 Å². The zero-order chi connectivity index (χ0) is 14.0. The van der Waals surface area contributed by atoms with E-state index in [0.717, 1.165) is 21.5 Å². The fourth-order valence-electron chi connectivity index (χ4n) is 1.85. The summed E-state index contributed by atoms with van der Waals surface area (Å²) in [5.74, 6) is 0.834. The molecule has 0 bridgehead atoms. The number of hydrogen-bond donors (Lipinski definition) is 1. The first-order valence-corrected chi connectivity index (χ1v) is 7.09. The molecule has 1 aromatic heterocycles. The first-order chi connectivity index (χ1) is 8.85. The Morgan fingerprint density at radius 1 is 1.26 bits per heavy atom. The van der Waals surface area contributed by atoms with E-state index < -0.39 is 0 Å². The molecule has 19 heavy (non-hydrogen) atoms. The summed E-state index contributed by atoms with van der Waals surface area (Å²) in [4.78, 5) is 4.31. The second-order valence-electron chi connectivity index (χ2n) is 5.75. The summed E-state index contributed by atoms with van der Waals surface area (Å²) in [5.41, 5.74) is 3.24. The van der Waals surface area contributed by atoms with Crippen molar-refractivity contribution in [1.29, 1.82) is 0 Å². The highest BCUT2D eigenvalue weighted by Gasteiger charge is 2.15. The molecule has 0 atom stereocenters. The van der Waals surface area contributed by atoms with Crippen molar-refractivity contribution < 1.29 is 4.42 Å². The molecule has 0 aliphatic heterocycles. The molecular formula is C15H19BrN2O. The van der Waals surface area contributed by atoms with Crippen LogP contribution >= 0.6 is 15.9 Å². The molecule has 0 unspecified atom stereocenters. The molecular weight excluding hydrogens is 304 g/mol. The zero-order valence-electron chi connectivity index (χ0n) is 11.7. The average molecular weight is 323 g/mol. The Morgan fingerprint density at radius 3 is 2.63 bits per heavy atom. The number of rotatable bonds is 3.